The average molecular weight is 395 g/mol. The van der Waals surface area contributed by atoms with Crippen molar-refractivity contribution in [2.45, 2.75) is 17.7 Å². The standard InChI is InChI=1S/C15H13N3O6S2/c1-8-7-11-13(25-8)12(15(20)17(2)26(11,23)24)14(19)16-9-3-5-10(6-4-9)18(21)22/h3-7,12H,1-2H3,(H,16,19). The molecule has 0 fully saturated rings. The van der Waals surface area contributed by atoms with Crippen molar-refractivity contribution in [3.05, 3.63) is 50.2 Å². The summed E-state index contributed by atoms with van der Waals surface area (Å²) in [6.45, 7) is 1.69. The van der Waals surface area contributed by atoms with Crippen LogP contribution in [0.25, 0.3) is 0 Å². The van der Waals surface area contributed by atoms with Crippen molar-refractivity contribution < 1.29 is 22.9 Å². The number of carbonyl (C=O) groups is 2. The highest BCUT2D eigenvalue weighted by atomic mass is 32.2. The molecule has 0 bridgehead atoms. The summed E-state index contributed by atoms with van der Waals surface area (Å²) in [6, 6.07) is 6.55. The monoisotopic (exact) mass is 395 g/mol. The molecule has 1 aromatic heterocycles. The van der Waals surface area contributed by atoms with E-state index < -0.39 is 32.7 Å². The molecule has 1 atom stereocenters. The Morgan fingerprint density at radius 2 is 1.92 bits per heavy atom. The maximum absolute atomic E-state index is 12.6. The number of likely N-dealkylation sites (N-methyl/N-ethyl adjacent to an activating group) is 1. The third kappa shape index (κ3) is 2.84. The Balaban J connectivity index is 1.96. The maximum atomic E-state index is 12.6. The number of sulfonamides is 1. The van der Waals surface area contributed by atoms with Gasteiger partial charge in [-0.25, -0.2) is 12.7 Å². The molecule has 1 N–H and O–H groups in total. The Bertz CT molecular complexity index is 1030. The molecule has 1 unspecified atom stereocenters. The zero-order chi connectivity index (χ0) is 19.2. The van der Waals surface area contributed by atoms with Crippen LogP contribution >= 0.6 is 11.3 Å². The van der Waals surface area contributed by atoms with Crippen molar-refractivity contribution in [1.82, 2.24) is 4.31 Å². The minimum atomic E-state index is -3.96. The number of carbonyl (C=O) groups excluding carboxylic acids is 2. The Hall–Kier alpha value is -2.79. The van der Waals surface area contributed by atoms with Crippen LogP contribution in [0.4, 0.5) is 11.4 Å². The van der Waals surface area contributed by atoms with Crippen LogP contribution in [0.3, 0.4) is 0 Å². The summed E-state index contributed by atoms with van der Waals surface area (Å²) >= 11 is 1.07. The molecule has 0 aliphatic carbocycles. The number of amides is 2. The van der Waals surface area contributed by atoms with Crippen LogP contribution in [-0.2, 0) is 19.6 Å². The lowest BCUT2D eigenvalue weighted by Gasteiger charge is -2.28. The van der Waals surface area contributed by atoms with Gasteiger partial charge in [-0.3, -0.25) is 19.7 Å². The molecule has 11 heteroatoms. The average Bonchev–Trinajstić information content (AvgIpc) is 2.96. The van der Waals surface area contributed by atoms with Crippen molar-refractivity contribution >= 4 is 44.5 Å². The second kappa shape index (κ2) is 6.18. The van der Waals surface area contributed by atoms with Crippen molar-refractivity contribution in [2.24, 2.45) is 0 Å². The van der Waals surface area contributed by atoms with E-state index in [1.54, 1.807) is 6.92 Å². The van der Waals surface area contributed by atoms with Gasteiger partial charge in [-0.2, -0.15) is 0 Å². The van der Waals surface area contributed by atoms with Crippen molar-refractivity contribution in [1.29, 1.82) is 0 Å². The van der Waals surface area contributed by atoms with Crippen molar-refractivity contribution in [2.75, 3.05) is 12.4 Å². The lowest BCUT2D eigenvalue weighted by molar-refractivity contribution is -0.384. The first-order chi connectivity index (χ1) is 12.1. The van der Waals surface area contributed by atoms with Crippen LogP contribution in [0.1, 0.15) is 15.7 Å². The Labute approximate surface area is 152 Å². The molecule has 2 heterocycles. The van der Waals surface area contributed by atoms with Gasteiger partial charge in [0.25, 0.3) is 21.6 Å². The second-order valence-corrected chi connectivity index (χ2v) is 8.85. The normalized spacial score (nSPS) is 18.3. The molecule has 2 aromatic rings. The van der Waals surface area contributed by atoms with Crippen LogP contribution in [0, 0.1) is 17.0 Å². The molecule has 2 amide bonds. The molecule has 1 aliphatic rings. The number of benzene rings is 1. The minimum Gasteiger partial charge on any atom is -0.325 e. The maximum Gasteiger partial charge on any atom is 0.269 e. The summed E-state index contributed by atoms with van der Waals surface area (Å²) in [5, 5.41) is 13.2. The number of hydrogen-bond acceptors (Lipinski definition) is 7. The van der Waals surface area contributed by atoms with Crippen molar-refractivity contribution in [3.63, 3.8) is 0 Å². The van der Waals surface area contributed by atoms with Gasteiger partial charge < -0.3 is 5.32 Å². The summed E-state index contributed by atoms with van der Waals surface area (Å²) in [5.41, 5.74) is 0.123. The molecule has 0 saturated heterocycles. The zero-order valence-electron chi connectivity index (χ0n) is 13.6. The number of hydrogen-bond donors (Lipinski definition) is 1. The first-order valence-electron chi connectivity index (χ1n) is 7.31. The number of thiophene rings is 1. The predicted octanol–water partition coefficient (Wildman–Crippen LogP) is 1.85. The molecule has 0 spiro atoms. The molecule has 0 radical (unpaired) electrons. The van der Waals surface area contributed by atoms with E-state index in [0.29, 0.717) is 9.18 Å². The molecule has 1 aromatic carbocycles. The zero-order valence-corrected chi connectivity index (χ0v) is 15.3. The molecule has 26 heavy (non-hydrogen) atoms. The highest BCUT2D eigenvalue weighted by Gasteiger charge is 2.46. The van der Waals surface area contributed by atoms with Gasteiger partial charge in [-0.15, -0.1) is 11.3 Å². The number of fused-ring (bicyclic) bond motifs is 1. The Morgan fingerprint density at radius 3 is 2.50 bits per heavy atom. The lowest BCUT2D eigenvalue weighted by atomic mass is 10.1. The number of anilines is 1. The number of non-ortho nitro benzene ring substituents is 1. The van der Waals surface area contributed by atoms with Crippen LogP contribution < -0.4 is 5.32 Å². The van der Waals surface area contributed by atoms with Gasteiger partial charge in [-0.1, -0.05) is 0 Å². The van der Waals surface area contributed by atoms with Crippen LogP contribution in [0.2, 0.25) is 0 Å². The van der Waals surface area contributed by atoms with Gasteiger partial charge >= 0.3 is 0 Å². The fourth-order valence-corrected chi connectivity index (χ4v) is 5.44. The Morgan fingerprint density at radius 1 is 1.31 bits per heavy atom. The van der Waals surface area contributed by atoms with E-state index in [1.807, 2.05) is 0 Å². The van der Waals surface area contributed by atoms with Gasteiger partial charge in [0, 0.05) is 34.6 Å². The summed E-state index contributed by atoms with van der Waals surface area (Å²) in [4.78, 5) is 36.0. The number of nitrogens with zero attached hydrogens (tertiary/aromatic N) is 2. The summed E-state index contributed by atoms with van der Waals surface area (Å²) < 4.78 is 25.3. The Kier molecular flexibility index (Phi) is 4.28. The smallest absolute Gasteiger partial charge is 0.269 e. The van der Waals surface area contributed by atoms with Gasteiger partial charge in [0.05, 0.1) is 4.92 Å². The highest BCUT2D eigenvalue weighted by Crippen LogP contribution is 2.40. The largest absolute Gasteiger partial charge is 0.325 e. The van der Waals surface area contributed by atoms with Gasteiger partial charge in [-0.05, 0) is 25.1 Å². The molecular formula is C15H13N3O6S2. The van der Waals surface area contributed by atoms with Crippen LogP contribution in [0.5, 0.6) is 0 Å². The highest BCUT2D eigenvalue weighted by molar-refractivity contribution is 7.90. The number of nitro groups is 1. The molecule has 136 valence electrons. The lowest BCUT2D eigenvalue weighted by Crippen LogP contribution is -2.45. The molecule has 0 saturated carbocycles. The van der Waals surface area contributed by atoms with E-state index in [4.69, 9.17) is 0 Å². The molecular weight excluding hydrogens is 382 g/mol. The molecule has 1 aliphatic heterocycles. The third-order valence-corrected chi connectivity index (χ3v) is 6.95. The first-order valence-corrected chi connectivity index (χ1v) is 9.57. The summed E-state index contributed by atoms with van der Waals surface area (Å²) in [5.74, 6) is -2.85. The number of nitrogens with one attached hydrogen (secondary N) is 1. The van der Waals surface area contributed by atoms with E-state index in [1.165, 1.54) is 30.3 Å². The fourth-order valence-electron chi connectivity index (χ4n) is 2.58. The minimum absolute atomic E-state index is 0.0500. The summed E-state index contributed by atoms with van der Waals surface area (Å²) in [7, 11) is -2.85. The van der Waals surface area contributed by atoms with Crippen LogP contribution in [-0.4, -0.2) is 36.5 Å². The number of aryl methyl sites for hydroxylation is 1. The van der Waals surface area contributed by atoms with E-state index in [2.05, 4.69) is 5.32 Å². The topological polar surface area (TPSA) is 127 Å². The van der Waals surface area contributed by atoms with Gasteiger partial charge in [0.1, 0.15) is 4.90 Å². The second-order valence-electron chi connectivity index (χ2n) is 5.62. The predicted molar refractivity (Wildman–Crippen MR) is 93.5 cm³/mol. The summed E-state index contributed by atoms with van der Waals surface area (Å²) in [6.07, 6.45) is 0. The fraction of sp³-hybridized carbons (Fsp3) is 0.200. The van der Waals surface area contributed by atoms with Gasteiger partial charge in [0.2, 0.25) is 5.91 Å². The third-order valence-electron chi connectivity index (χ3n) is 3.91. The quantitative estimate of drug-likeness (QED) is 0.480. The van der Waals surface area contributed by atoms with E-state index in [9.17, 15) is 28.1 Å². The number of nitro benzene ring substituents is 1. The van der Waals surface area contributed by atoms with Gasteiger partial charge in [0.15, 0.2) is 5.92 Å². The number of rotatable bonds is 3. The van der Waals surface area contributed by atoms with E-state index in [-0.39, 0.29) is 21.1 Å². The van der Waals surface area contributed by atoms with E-state index in [0.717, 1.165) is 18.4 Å². The first kappa shape index (κ1) is 18.0. The molecule has 9 nitrogen and oxygen atoms in total. The molecule has 3 rings (SSSR count). The van der Waals surface area contributed by atoms with Crippen molar-refractivity contribution in [3.8, 4) is 0 Å². The van der Waals surface area contributed by atoms with Crippen LogP contribution in [0.15, 0.2) is 35.2 Å². The SMILES string of the molecule is Cc1cc2c(s1)C(C(=O)Nc1ccc([N+](=O)[O-])cc1)C(=O)N(C)S2(=O)=O. The van der Waals surface area contributed by atoms with E-state index >= 15 is 0 Å².